The van der Waals surface area contributed by atoms with Gasteiger partial charge in [0, 0.05) is 6.20 Å². The van der Waals surface area contributed by atoms with E-state index in [0.29, 0.717) is 10.9 Å². The van der Waals surface area contributed by atoms with E-state index >= 15 is 0 Å². The van der Waals surface area contributed by atoms with Gasteiger partial charge in [0.15, 0.2) is 0 Å². The lowest BCUT2D eigenvalue weighted by Gasteiger charge is -2.35. The zero-order chi connectivity index (χ0) is 12.3. The Morgan fingerprint density at radius 2 is 2.24 bits per heavy atom. The standard InChI is InChI=1S/C14H21ClN2/c1-2-10-6-3-4-7-11(10)13(16)14-12(15)8-5-9-17-14/h5,8-11,13H,2-4,6-7,16H2,1H3. The molecule has 1 aliphatic carbocycles. The van der Waals surface area contributed by atoms with Crippen LogP contribution in [0, 0.1) is 11.8 Å². The number of aromatic nitrogens is 1. The van der Waals surface area contributed by atoms with Gasteiger partial charge in [-0.15, -0.1) is 0 Å². The van der Waals surface area contributed by atoms with Gasteiger partial charge >= 0.3 is 0 Å². The third-order valence-corrected chi connectivity index (χ3v) is 4.38. The monoisotopic (exact) mass is 252 g/mol. The number of halogens is 1. The van der Waals surface area contributed by atoms with E-state index in [4.69, 9.17) is 17.3 Å². The molecule has 0 saturated heterocycles. The molecular weight excluding hydrogens is 232 g/mol. The summed E-state index contributed by atoms with van der Waals surface area (Å²) < 4.78 is 0. The van der Waals surface area contributed by atoms with Crippen molar-refractivity contribution >= 4 is 11.6 Å². The van der Waals surface area contributed by atoms with Crippen LogP contribution < -0.4 is 5.73 Å². The normalized spacial score (nSPS) is 26.8. The molecule has 2 rings (SSSR count). The second kappa shape index (κ2) is 5.83. The number of hydrogen-bond donors (Lipinski definition) is 1. The second-order valence-electron chi connectivity index (χ2n) is 5.01. The number of rotatable bonds is 3. The number of pyridine rings is 1. The Labute approximate surface area is 109 Å². The molecule has 0 amide bonds. The summed E-state index contributed by atoms with van der Waals surface area (Å²) in [5, 5.41) is 0.709. The molecule has 3 unspecified atom stereocenters. The predicted octanol–water partition coefficient (Wildman–Crippen LogP) is 3.95. The highest BCUT2D eigenvalue weighted by atomic mass is 35.5. The van der Waals surface area contributed by atoms with Gasteiger partial charge in [-0.05, 0) is 30.4 Å². The molecule has 1 aliphatic rings. The van der Waals surface area contributed by atoms with Gasteiger partial charge in [0.05, 0.1) is 16.8 Å². The first-order valence-electron chi connectivity index (χ1n) is 6.60. The molecule has 17 heavy (non-hydrogen) atoms. The minimum absolute atomic E-state index is 0.00560. The van der Waals surface area contributed by atoms with Crippen LogP contribution in [0.2, 0.25) is 5.02 Å². The van der Waals surface area contributed by atoms with Crippen LogP contribution in [0.15, 0.2) is 18.3 Å². The largest absolute Gasteiger partial charge is 0.322 e. The lowest BCUT2D eigenvalue weighted by molar-refractivity contribution is 0.194. The molecule has 0 radical (unpaired) electrons. The molecule has 0 aliphatic heterocycles. The summed E-state index contributed by atoms with van der Waals surface area (Å²) in [6, 6.07) is 3.73. The van der Waals surface area contributed by atoms with Crippen LogP contribution in [0.25, 0.3) is 0 Å². The minimum Gasteiger partial charge on any atom is -0.322 e. The highest BCUT2D eigenvalue weighted by Gasteiger charge is 2.31. The lowest BCUT2D eigenvalue weighted by Crippen LogP contribution is -2.31. The third kappa shape index (κ3) is 2.80. The molecule has 3 atom stereocenters. The quantitative estimate of drug-likeness (QED) is 0.885. The van der Waals surface area contributed by atoms with Crippen LogP contribution in [0.5, 0.6) is 0 Å². The summed E-state index contributed by atoms with van der Waals surface area (Å²) in [4.78, 5) is 4.37. The van der Waals surface area contributed by atoms with E-state index in [1.165, 1.54) is 32.1 Å². The number of hydrogen-bond acceptors (Lipinski definition) is 2. The molecule has 1 heterocycles. The van der Waals surface area contributed by atoms with E-state index in [2.05, 4.69) is 11.9 Å². The summed E-state index contributed by atoms with van der Waals surface area (Å²) in [5.41, 5.74) is 7.26. The summed E-state index contributed by atoms with van der Waals surface area (Å²) in [6.07, 6.45) is 8.15. The summed E-state index contributed by atoms with van der Waals surface area (Å²) >= 11 is 6.19. The van der Waals surface area contributed by atoms with Crippen LogP contribution in [-0.4, -0.2) is 4.98 Å². The Hall–Kier alpha value is -0.600. The molecule has 1 aromatic rings. The highest BCUT2D eigenvalue weighted by Crippen LogP contribution is 2.39. The zero-order valence-electron chi connectivity index (χ0n) is 10.4. The van der Waals surface area contributed by atoms with Gasteiger partial charge in [0.2, 0.25) is 0 Å². The van der Waals surface area contributed by atoms with Crippen LogP contribution >= 0.6 is 11.6 Å². The van der Waals surface area contributed by atoms with Crippen LogP contribution in [0.4, 0.5) is 0 Å². The van der Waals surface area contributed by atoms with Crippen molar-refractivity contribution in [2.45, 2.75) is 45.1 Å². The van der Waals surface area contributed by atoms with Crippen molar-refractivity contribution in [3.8, 4) is 0 Å². The highest BCUT2D eigenvalue weighted by molar-refractivity contribution is 6.31. The molecule has 1 saturated carbocycles. The molecule has 0 aromatic carbocycles. The molecule has 1 fully saturated rings. The van der Waals surface area contributed by atoms with Crippen molar-refractivity contribution in [1.29, 1.82) is 0 Å². The Bertz CT molecular complexity index is 367. The SMILES string of the molecule is CCC1CCCCC1C(N)c1ncccc1Cl. The van der Waals surface area contributed by atoms with E-state index < -0.39 is 0 Å². The van der Waals surface area contributed by atoms with Crippen molar-refractivity contribution in [3.63, 3.8) is 0 Å². The average molecular weight is 253 g/mol. The first-order valence-corrected chi connectivity index (χ1v) is 6.97. The van der Waals surface area contributed by atoms with Gasteiger partial charge in [-0.3, -0.25) is 4.98 Å². The van der Waals surface area contributed by atoms with Gasteiger partial charge in [-0.1, -0.05) is 44.2 Å². The first-order chi connectivity index (χ1) is 8.24. The molecule has 94 valence electrons. The molecule has 2 N–H and O–H groups in total. The topological polar surface area (TPSA) is 38.9 Å². The van der Waals surface area contributed by atoms with Crippen LogP contribution in [0.3, 0.4) is 0 Å². The van der Waals surface area contributed by atoms with E-state index in [1.807, 2.05) is 12.1 Å². The van der Waals surface area contributed by atoms with Crippen LogP contribution in [-0.2, 0) is 0 Å². The maximum atomic E-state index is 6.39. The lowest BCUT2D eigenvalue weighted by atomic mass is 9.73. The first kappa shape index (κ1) is 12.8. The maximum Gasteiger partial charge on any atom is 0.0759 e. The molecule has 1 aromatic heterocycles. The van der Waals surface area contributed by atoms with Crippen molar-refractivity contribution in [2.75, 3.05) is 0 Å². The maximum absolute atomic E-state index is 6.39. The Morgan fingerprint density at radius 1 is 1.47 bits per heavy atom. The van der Waals surface area contributed by atoms with Gasteiger partial charge in [0.1, 0.15) is 0 Å². The number of nitrogens with two attached hydrogens (primary N) is 1. The fourth-order valence-electron chi connectivity index (χ4n) is 3.06. The van der Waals surface area contributed by atoms with Crippen molar-refractivity contribution < 1.29 is 0 Å². The Kier molecular flexibility index (Phi) is 4.41. The van der Waals surface area contributed by atoms with Gasteiger partial charge < -0.3 is 5.73 Å². The predicted molar refractivity (Wildman–Crippen MR) is 71.9 cm³/mol. The fraction of sp³-hybridized carbons (Fsp3) is 0.643. The summed E-state index contributed by atoms with van der Waals surface area (Å²) in [6.45, 7) is 2.26. The molecular formula is C14H21ClN2. The Balaban J connectivity index is 2.18. The van der Waals surface area contributed by atoms with Crippen molar-refractivity contribution in [2.24, 2.45) is 17.6 Å². The van der Waals surface area contributed by atoms with E-state index in [-0.39, 0.29) is 6.04 Å². The second-order valence-corrected chi connectivity index (χ2v) is 5.42. The van der Waals surface area contributed by atoms with Crippen LogP contribution in [0.1, 0.15) is 50.8 Å². The summed E-state index contributed by atoms with van der Waals surface area (Å²) in [5.74, 6) is 1.28. The third-order valence-electron chi connectivity index (χ3n) is 4.06. The smallest absolute Gasteiger partial charge is 0.0759 e. The zero-order valence-corrected chi connectivity index (χ0v) is 11.2. The molecule has 3 heteroatoms. The van der Waals surface area contributed by atoms with E-state index in [0.717, 1.165) is 11.6 Å². The fourth-order valence-corrected chi connectivity index (χ4v) is 3.31. The van der Waals surface area contributed by atoms with Crippen molar-refractivity contribution in [3.05, 3.63) is 29.0 Å². The van der Waals surface area contributed by atoms with Gasteiger partial charge in [0.25, 0.3) is 0 Å². The molecule has 0 spiro atoms. The van der Waals surface area contributed by atoms with Gasteiger partial charge in [-0.2, -0.15) is 0 Å². The van der Waals surface area contributed by atoms with Crippen molar-refractivity contribution in [1.82, 2.24) is 4.98 Å². The number of nitrogens with zero attached hydrogens (tertiary/aromatic N) is 1. The van der Waals surface area contributed by atoms with E-state index in [9.17, 15) is 0 Å². The molecule has 2 nitrogen and oxygen atoms in total. The molecule has 0 bridgehead atoms. The minimum atomic E-state index is -0.00560. The average Bonchev–Trinajstić information content (AvgIpc) is 2.38. The summed E-state index contributed by atoms with van der Waals surface area (Å²) in [7, 11) is 0. The Morgan fingerprint density at radius 3 is 2.94 bits per heavy atom. The van der Waals surface area contributed by atoms with Gasteiger partial charge in [-0.25, -0.2) is 0 Å². The van der Waals surface area contributed by atoms with E-state index in [1.54, 1.807) is 6.20 Å².